The Balaban J connectivity index is 2.25. The van der Waals surface area contributed by atoms with Crippen LogP contribution in [0.25, 0.3) is 0 Å². The smallest absolute Gasteiger partial charge is 0.335 e. The zero-order chi connectivity index (χ0) is 20.7. The van der Waals surface area contributed by atoms with Gasteiger partial charge < -0.3 is 26.4 Å². The Kier molecular flexibility index (Phi) is 7.00. The molecule has 0 aliphatic rings. The maximum Gasteiger partial charge on any atom is 0.335 e. The lowest BCUT2D eigenvalue weighted by molar-refractivity contribution is -0.171. The van der Waals surface area contributed by atoms with Crippen molar-refractivity contribution in [1.82, 2.24) is 0 Å². The van der Waals surface area contributed by atoms with Crippen molar-refractivity contribution in [3.8, 4) is 0 Å². The van der Waals surface area contributed by atoms with E-state index < -0.39 is 35.4 Å². The molecule has 0 aliphatic heterocycles. The summed E-state index contributed by atoms with van der Waals surface area (Å²) in [5, 5.41) is 19.1. The third kappa shape index (κ3) is 4.80. The molecule has 0 spiro atoms. The number of carbonyl (C=O) groups excluding carboxylic acids is 1. The Labute approximate surface area is 161 Å². The van der Waals surface area contributed by atoms with Gasteiger partial charge in [0, 0.05) is 0 Å². The van der Waals surface area contributed by atoms with Gasteiger partial charge in [-0.3, -0.25) is 4.79 Å². The average molecular weight is 386 g/mol. The Morgan fingerprint density at radius 1 is 0.929 bits per heavy atom. The molecule has 0 aliphatic carbocycles. The summed E-state index contributed by atoms with van der Waals surface area (Å²) >= 11 is 0. The van der Waals surface area contributed by atoms with Crippen LogP contribution in [0.3, 0.4) is 0 Å². The lowest BCUT2D eigenvalue weighted by Crippen LogP contribution is -2.69. The molecule has 28 heavy (non-hydrogen) atoms. The predicted octanol–water partition coefficient (Wildman–Crippen LogP) is 0.578. The van der Waals surface area contributed by atoms with E-state index >= 15 is 0 Å². The van der Waals surface area contributed by atoms with Crippen LogP contribution >= 0.6 is 0 Å². The van der Waals surface area contributed by atoms with E-state index in [0.717, 1.165) is 0 Å². The Morgan fingerprint density at radius 3 is 1.89 bits per heavy atom. The van der Waals surface area contributed by atoms with Gasteiger partial charge in [0.25, 0.3) is 0 Å². The number of ketones is 1. The van der Waals surface area contributed by atoms with E-state index in [1.54, 1.807) is 60.7 Å². The highest BCUT2D eigenvalue weighted by molar-refractivity contribution is 6.13. The van der Waals surface area contributed by atoms with Crippen LogP contribution in [0.2, 0.25) is 0 Å². The highest BCUT2D eigenvalue weighted by Crippen LogP contribution is 2.19. The normalized spacial score (nSPS) is 15.2. The third-order valence-corrected chi connectivity index (χ3v) is 4.29. The van der Waals surface area contributed by atoms with Crippen LogP contribution in [0.1, 0.15) is 11.1 Å². The molecule has 8 nitrogen and oxygen atoms in total. The molecule has 0 aromatic heterocycles. The molecule has 148 valence electrons. The van der Waals surface area contributed by atoms with Crippen LogP contribution in [0.4, 0.5) is 0 Å². The molecule has 0 radical (unpaired) electrons. The number of aliphatic carboxylic acids is 2. The zero-order valence-corrected chi connectivity index (χ0v) is 15.0. The van der Waals surface area contributed by atoms with Crippen molar-refractivity contribution in [1.29, 1.82) is 0 Å². The number of benzene rings is 2. The molecule has 0 heterocycles. The van der Waals surface area contributed by atoms with Gasteiger partial charge in [-0.1, -0.05) is 60.7 Å². The van der Waals surface area contributed by atoms with Gasteiger partial charge in [0.15, 0.2) is 11.9 Å². The maximum absolute atomic E-state index is 12.8. The number of carboxylic acid groups (broad SMARTS) is 2. The lowest BCUT2D eigenvalue weighted by Gasteiger charge is -2.31. The topological polar surface area (TPSA) is 153 Å². The largest absolute Gasteiger partial charge is 0.479 e. The van der Waals surface area contributed by atoms with E-state index in [0.29, 0.717) is 11.1 Å². The van der Waals surface area contributed by atoms with Gasteiger partial charge in [-0.05, 0) is 17.5 Å². The SMILES string of the molecule is NC(Cc1ccccc1)C(=O)C(N)(C(=O)O)C(OCc1ccccc1)C(=O)O. The summed E-state index contributed by atoms with van der Waals surface area (Å²) in [4.78, 5) is 36.3. The van der Waals surface area contributed by atoms with Crippen LogP contribution in [0.5, 0.6) is 0 Å². The first kappa shape index (κ1) is 21.2. The van der Waals surface area contributed by atoms with E-state index in [4.69, 9.17) is 16.2 Å². The van der Waals surface area contributed by atoms with Gasteiger partial charge >= 0.3 is 11.9 Å². The Morgan fingerprint density at radius 2 is 1.43 bits per heavy atom. The highest BCUT2D eigenvalue weighted by atomic mass is 16.5. The molecule has 6 N–H and O–H groups in total. The molecule has 2 rings (SSSR count). The first-order valence-electron chi connectivity index (χ1n) is 8.51. The number of rotatable bonds is 10. The van der Waals surface area contributed by atoms with Crippen LogP contribution in [0, 0.1) is 0 Å². The van der Waals surface area contributed by atoms with Gasteiger partial charge in [0.2, 0.25) is 5.54 Å². The van der Waals surface area contributed by atoms with Crippen molar-refractivity contribution in [3.05, 3.63) is 71.8 Å². The fourth-order valence-corrected chi connectivity index (χ4v) is 2.77. The third-order valence-electron chi connectivity index (χ3n) is 4.29. The fourth-order valence-electron chi connectivity index (χ4n) is 2.77. The van der Waals surface area contributed by atoms with Gasteiger partial charge in [-0.25, -0.2) is 9.59 Å². The minimum absolute atomic E-state index is 0.0108. The zero-order valence-electron chi connectivity index (χ0n) is 15.0. The van der Waals surface area contributed by atoms with E-state index in [9.17, 15) is 24.6 Å². The molecule has 3 atom stereocenters. The first-order valence-corrected chi connectivity index (χ1v) is 8.51. The monoisotopic (exact) mass is 386 g/mol. The Hall–Kier alpha value is -3.07. The quantitative estimate of drug-likeness (QED) is 0.433. The van der Waals surface area contributed by atoms with Crippen molar-refractivity contribution in [2.24, 2.45) is 11.5 Å². The van der Waals surface area contributed by atoms with E-state index in [-0.39, 0.29) is 13.0 Å². The minimum Gasteiger partial charge on any atom is -0.479 e. The van der Waals surface area contributed by atoms with Gasteiger partial charge in [-0.2, -0.15) is 0 Å². The van der Waals surface area contributed by atoms with Crippen molar-refractivity contribution in [2.45, 2.75) is 30.7 Å². The van der Waals surface area contributed by atoms with Gasteiger partial charge in [-0.15, -0.1) is 0 Å². The molecule has 0 saturated carbocycles. The number of hydrogen-bond acceptors (Lipinski definition) is 6. The lowest BCUT2D eigenvalue weighted by atomic mass is 9.83. The second-order valence-corrected chi connectivity index (χ2v) is 6.35. The maximum atomic E-state index is 12.8. The van der Waals surface area contributed by atoms with Crippen LogP contribution in [-0.4, -0.2) is 45.6 Å². The van der Waals surface area contributed by atoms with Crippen molar-refractivity contribution in [2.75, 3.05) is 0 Å². The number of nitrogens with two attached hydrogens (primary N) is 2. The molecule has 2 aromatic carbocycles. The predicted molar refractivity (Wildman–Crippen MR) is 100 cm³/mol. The second-order valence-electron chi connectivity index (χ2n) is 6.35. The van der Waals surface area contributed by atoms with Crippen molar-refractivity contribution >= 4 is 17.7 Å². The van der Waals surface area contributed by atoms with Gasteiger partial charge in [0.1, 0.15) is 0 Å². The van der Waals surface area contributed by atoms with E-state index in [1.165, 1.54) is 0 Å². The number of carbonyl (C=O) groups is 3. The van der Waals surface area contributed by atoms with E-state index in [2.05, 4.69) is 0 Å². The molecule has 0 bridgehead atoms. The molecule has 0 fully saturated rings. The average Bonchev–Trinajstić information content (AvgIpc) is 2.68. The summed E-state index contributed by atoms with van der Waals surface area (Å²) in [6.45, 7) is -0.231. The minimum atomic E-state index is -2.84. The molecule has 3 unspecified atom stereocenters. The summed E-state index contributed by atoms with van der Waals surface area (Å²) in [6, 6.07) is 15.9. The Bertz CT molecular complexity index is 827. The standard InChI is InChI=1S/C20H22N2O6/c21-15(11-13-7-3-1-4-8-13)16(23)20(22,19(26)27)17(18(24)25)28-12-14-9-5-2-6-10-14/h1-10,15,17H,11-12,21-22H2,(H,24,25)(H,26,27). The first-order chi connectivity index (χ1) is 13.3. The number of carboxylic acids is 2. The number of Topliss-reactive ketones (excluding diaryl/α,β-unsaturated/α-hetero) is 1. The second kappa shape index (κ2) is 9.23. The molecular weight excluding hydrogens is 364 g/mol. The van der Waals surface area contributed by atoms with Gasteiger partial charge in [0.05, 0.1) is 12.6 Å². The summed E-state index contributed by atoms with van der Waals surface area (Å²) in [6.07, 6.45) is -2.10. The number of ether oxygens (including phenoxy) is 1. The fraction of sp³-hybridized carbons (Fsp3) is 0.250. The summed E-state index contributed by atoms with van der Waals surface area (Å²) in [5.41, 5.74) is 10.1. The molecule has 0 amide bonds. The summed E-state index contributed by atoms with van der Waals surface area (Å²) < 4.78 is 5.26. The van der Waals surface area contributed by atoms with Crippen molar-refractivity contribution in [3.63, 3.8) is 0 Å². The molecule has 8 heteroatoms. The van der Waals surface area contributed by atoms with Crippen LogP contribution in [-0.2, 0) is 32.1 Å². The molecule has 0 saturated heterocycles. The van der Waals surface area contributed by atoms with E-state index in [1.807, 2.05) is 0 Å². The molecule has 2 aromatic rings. The highest BCUT2D eigenvalue weighted by Gasteiger charge is 2.55. The summed E-state index contributed by atoms with van der Waals surface area (Å²) in [5.74, 6) is -4.60. The van der Waals surface area contributed by atoms with Crippen LogP contribution in [0.15, 0.2) is 60.7 Å². The molecular formula is C20H22N2O6. The van der Waals surface area contributed by atoms with Crippen molar-refractivity contribution < 1.29 is 29.3 Å². The van der Waals surface area contributed by atoms with Crippen LogP contribution < -0.4 is 11.5 Å². The summed E-state index contributed by atoms with van der Waals surface area (Å²) in [7, 11) is 0. The number of hydrogen-bond donors (Lipinski definition) is 4.